The first kappa shape index (κ1) is 14.0. The van der Waals surface area contributed by atoms with Crippen molar-refractivity contribution in [1.82, 2.24) is 10.4 Å². The summed E-state index contributed by atoms with van der Waals surface area (Å²) >= 11 is 0. The molecule has 2 aliphatic heterocycles. The van der Waals surface area contributed by atoms with E-state index >= 15 is 0 Å². The lowest BCUT2D eigenvalue weighted by molar-refractivity contribution is -0.0823. The molecule has 0 bridgehead atoms. The molecule has 0 aromatic carbocycles. The molecule has 1 fully saturated rings. The Bertz CT molecular complexity index is 434. The van der Waals surface area contributed by atoms with E-state index in [9.17, 15) is 10.2 Å². The minimum Gasteiger partial charge on any atom is -0.394 e. The van der Waals surface area contributed by atoms with Crippen molar-refractivity contribution in [3.8, 4) is 0 Å². The molecule has 106 valence electrons. The van der Waals surface area contributed by atoms with Crippen LogP contribution in [0.5, 0.6) is 0 Å². The molecule has 8 nitrogen and oxygen atoms in total. The van der Waals surface area contributed by atoms with Crippen LogP contribution < -0.4 is 5.48 Å². The van der Waals surface area contributed by atoms with Crippen molar-refractivity contribution in [2.45, 2.75) is 31.0 Å². The number of ether oxygens (including phenoxy) is 1. The number of hydroxylamine groups is 1. The van der Waals surface area contributed by atoms with Gasteiger partial charge in [0.05, 0.1) is 6.61 Å². The second-order valence-corrected chi connectivity index (χ2v) is 4.62. The highest BCUT2D eigenvalue weighted by Gasteiger charge is 2.53. The number of nitrogens with one attached hydrogen (secondary N) is 1. The fourth-order valence-electron chi connectivity index (χ4n) is 2.07. The van der Waals surface area contributed by atoms with Gasteiger partial charge in [-0.25, -0.2) is 4.99 Å². The molecule has 1 saturated heterocycles. The van der Waals surface area contributed by atoms with Gasteiger partial charge in [-0.15, -0.1) is 0 Å². The lowest BCUT2D eigenvalue weighted by Gasteiger charge is -2.31. The predicted octanol–water partition coefficient (Wildman–Crippen LogP) is -1.51. The van der Waals surface area contributed by atoms with Gasteiger partial charge in [0.2, 0.25) is 0 Å². The number of aliphatic hydroxyl groups is 3. The molecule has 2 rings (SSSR count). The standard InChI is InChI=1S/C11H17N3O5/c1-6-12-8(13-18)3-4-14(6)10-9(16)11(2,17)7(5-15)19-10/h3-4,7,9-10,15-18H,1,5H2,2H3,(H,12,13)/t7-,9-,10-,11?/m1/s1. The summed E-state index contributed by atoms with van der Waals surface area (Å²) in [6.07, 6.45) is -0.122. The van der Waals surface area contributed by atoms with E-state index in [0.29, 0.717) is 0 Å². The summed E-state index contributed by atoms with van der Waals surface area (Å²) in [7, 11) is 0. The molecule has 0 spiro atoms. The highest BCUT2D eigenvalue weighted by molar-refractivity contribution is 5.93. The smallest absolute Gasteiger partial charge is 0.164 e. The van der Waals surface area contributed by atoms with Gasteiger partial charge in [-0.2, -0.15) is 0 Å². The van der Waals surface area contributed by atoms with E-state index in [1.54, 1.807) is 0 Å². The predicted molar refractivity (Wildman–Crippen MR) is 64.9 cm³/mol. The van der Waals surface area contributed by atoms with Crippen molar-refractivity contribution in [2.24, 2.45) is 4.99 Å². The Balaban J connectivity index is 2.19. The summed E-state index contributed by atoms with van der Waals surface area (Å²) in [6, 6.07) is 0. The zero-order valence-corrected chi connectivity index (χ0v) is 10.4. The van der Waals surface area contributed by atoms with Crippen LogP contribution in [0.25, 0.3) is 0 Å². The summed E-state index contributed by atoms with van der Waals surface area (Å²) < 4.78 is 5.43. The molecule has 0 aromatic heterocycles. The van der Waals surface area contributed by atoms with Crippen LogP contribution in [0.15, 0.2) is 29.7 Å². The number of aliphatic imine (C=N–C) groups is 1. The SMILES string of the molecule is C=C1N=C(NO)C=CN1[C@@H]1O[C@H](CO)C(C)(O)[C@@H]1O. The maximum atomic E-state index is 10.1. The lowest BCUT2D eigenvalue weighted by atomic mass is 9.95. The third-order valence-corrected chi connectivity index (χ3v) is 3.32. The quantitative estimate of drug-likeness (QED) is 0.388. The summed E-state index contributed by atoms with van der Waals surface area (Å²) in [6.45, 7) is 4.64. The van der Waals surface area contributed by atoms with Gasteiger partial charge >= 0.3 is 0 Å². The Hall–Kier alpha value is -1.45. The largest absolute Gasteiger partial charge is 0.394 e. The summed E-state index contributed by atoms with van der Waals surface area (Å²) in [4.78, 5) is 5.34. The molecule has 19 heavy (non-hydrogen) atoms. The van der Waals surface area contributed by atoms with Crippen LogP contribution in [-0.2, 0) is 4.74 Å². The minimum atomic E-state index is -1.58. The molecule has 0 amide bonds. The normalized spacial score (nSPS) is 38.6. The van der Waals surface area contributed by atoms with E-state index in [1.807, 2.05) is 5.48 Å². The molecular formula is C11H17N3O5. The van der Waals surface area contributed by atoms with Crippen LogP contribution in [0, 0.1) is 0 Å². The number of hydrogen-bond donors (Lipinski definition) is 5. The first-order valence-corrected chi connectivity index (χ1v) is 5.72. The molecule has 0 radical (unpaired) electrons. The fraction of sp³-hybridized carbons (Fsp3) is 0.545. The topological polar surface area (TPSA) is 118 Å². The number of rotatable bonds is 2. The third-order valence-electron chi connectivity index (χ3n) is 3.32. The average Bonchev–Trinajstić information content (AvgIpc) is 2.61. The molecule has 1 unspecified atom stereocenters. The summed E-state index contributed by atoms with van der Waals surface area (Å²) in [5, 5.41) is 38.1. The monoisotopic (exact) mass is 271 g/mol. The second kappa shape index (κ2) is 4.91. The van der Waals surface area contributed by atoms with Crippen LogP contribution in [0.2, 0.25) is 0 Å². The van der Waals surface area contributed by atoms with Crippen molar-refractivity contribution in [3.63, 3.8) is 0 Å². The van der Waals surface area contributed by atoms with E-state index in [1.165, 1.54) is 24.1 Å². The highest BCUT2D eigenvalue weighted by atomic mass is 16.6. The van der Waals surface area contributed by atoms with E-state index in [-0.39, 0.29) is 11.7 Å². The zero-order valence-electron chi connectivity index (χ0n) is 10.4. The molecule has 4 atom stereocenters. The Morgan fingerprint density at radius 2 is 2.32 bits per heavy atom. The highest BCUT2D eigenvalue weighted by Crippen LogP contribution is 2.34. The average molecular weight is 271 g/mol. The Morgan fingerprint density at radius 1 is 1.63 bits per heavy atom. The third kappa shape index (κ3) is 2.24. The molecule has 0 aromatic rings. The van der Waals surface area contributed by atoms with E-state index in [4.69, 9.17) is 15.1 Å². The van der Waals surface area contributed by atoms with Gasteiger partial charge in [-0.05, 0) is 13.0 Å². The first-order chi connectivity index (χ1) is 8.91. The Morgan fingerprint density at radius 3 is 2.79 bits per heavy atom. The van der Waals surface area contributed by atoms with Crippen LogP contribution in [-0.4, -0.2) is 61.9 Å². The van der Waals surface area contributed by atoms with E-state index in [0.717, 1.165) is 0 Å². The van der Waals surface area contributed by atoms with Crippen molar-refractivity contribution in [3.05, 3.63) is 24.7 Å². The van der Waals surface area contributed by atoms with Crippen molar-refractivity contribution in [1.29, 1.82) is 0 Å². The van der Waals surface area contributed by atoms with Crippen LogP contribution >= 0.6 is 0 Å². The van der Waals surface area contributed by atoms with Gasteiger partial charge in [-0.1, -0.05) is 6.58 Å². The van der Waals surface area contributed by atoms with E-state index in [2.05, 4.69) is 11.6 Å². The minimum absolute atomic E-state index is 0.194. The zero-order chi connectivity index (χ0) is 14.2. The van der Waals surface area contributed by atoms with Crippen LogP contribution in [0.4, 0.5) is 0 Å². The molecule has 2 heterocycles. The number of amidine groups is 1. The molecule has 5 N–H and O–H groups in total. The Labute approximate surface area is 109 Å². The fourth-order valence-corrected chi connectivity index (χ4v) is 2.07. The van der Waals surface area contributed by atoms with Crippen molar-refractivity contribution < 1.29 is 25.3 Å². The summed E-state index contributed by atoms with van der Waals surface area (Å²) in [5.41, 5.74) is 0.299. The van der Waals surface area contributed by atoms with Crippen LogP contribution in [0.3, 0.4) is 0 Å². The van der Waals surface area contributed by atoms with Crippen LogP contribution in [0.1, 0.15) is 6.92 Å². The lowest BCUT2D eigenvalue weighted by Crippen LogP contribution is -2.49. The van der Waals surface area contributed by atoms with Gasteiger partial charge in [-0.3, -0.25) is 10.7 Å². The molecule has 0 aliphatic carbocycles. The van der Waals surface area contributed by atoms with Gasteiger partial charge in [0, 0.05) is 6.20 Å². The Kier molecular flexibility index (Phi) is 3.61. The maximum absolute atomic E-state index is 10.1. The number of aliphatic hydroxyl groups excluding tert-OH is 2. The number of hydrogen-bond acceptors (Lipinski definition) is 8. The number of nitrogens with zero attached hydrogens (tertiary/aromatic N) is 2. The van der Waals surface area contributed by atoms with Gasteiger partial charge in [0.1, 0.15) is 23.6 Å². The first-order valence-electron chi connectivity index (χ1n) is 5.72. The van der Waals surface area contributed by atoms with Gasteiger partial charge in [0.25, 0.3) is 0 Å². The van der Waals surface area contributed by atoms with Gasteiger partial charge in [0.15, 0.2) is 12.1 Å². The van der Waals surface area contributed by atoms with Gasteiger partial charge < -0.3 is 25.0 Å². The van der Waals surface area contributed by atoms with Crippen molar-refractivity contribution >= 4 is 5.84 Å². The maximum Gasteiger partial charge on any atom is 0.164 e. The molecule has 2 aliphatic rings. The molecular weight excluding hydrogens is 254 g/mol. The summed E-state index contributed by atoms with van der Waals surface area (Å²) in [5.74, 6) is 0.414. The van der Waals surface area contributed by atoms with E-state index < -0.39 is 30.6 Å². The van der Waals surface area contributed by atoms with Crippen molar-refractivity contribution in [2.75, 3.05) is 6.61 Å². The molecule has 0 saturated carbocycles. The molecule has 8 heteroatoms. The second-order valence-electron chi connectivity index (χ2n) is 4.62.